The van der Waals surface area contributed by atoms with Crippen LogP contribution < -0.4 is 4.74 Å². The van der Waals surface area contributed by atoms with Gasteiger partial charge in [0.05, 0.1) is 41.8 Å². The minimum absolute atomic E-state index is 0.115. The molecule has 156 valence electrons. The second-order valence-corrected chi connectivity index (χ2v) is 6.82. The SMILES string of the molecule is CCOC(=O)COc1ccc(C(=O)c2cccn2Cc2cnc3ccccc3n2)cc1. The van der Waals surface area contributed by atoms with Crippen molar-refractivity contribution in [3.8, 4) is 5.75 Å². The highest BCUT2D eigenvalue weighted by molar-refractivity contribution is 6.08. The van der Waals surface area contributed by atoms with Gasteiger partial charge in [-0.3, -0.25) is 9.78 Å². The molecular weight excluding hydrogens is 394 g/mol. The number of fused-ring (bicyclic) bond motifs is 1. The van der Waals surface area contributed by atoms with Gasteiger partial charge in [0, 0.05) is 11.8 Å². The Morgan fingerprint density at radius 3 is 2.52 bits per heavy atom. The van der Waals surface area contributed by atoms with Crippen molar-refractivity contribution in [2.45, 2.75) is 13.5 Å². The summed E-state index contributed by atoms with van der Waals surface area (Å²) in [7, 11) is 0. The van der Waals surface area contributed by atoms with Crippen molar-refractivity contribution >= 4 is 22.8 Å². The third-order valence-electron chi connectivity index (χ3n) is 4.67. The Kier molecular flexibility index (Phi) is 6.03. The number of ketones is 1. The number of hydrogen-bond acceptors (Lipinski definition) is 6. The summed E-state index contributed by atoms with van der Waals surface area (Å²) >= 11 is 0. The molecule has 0 aliphatic heterocycles. The van der Waals surface area contributed by atoms with Crippen LogP contribution in [0.4, 0.5) is 0 Å². The summed E-state index contributed by atoms with van der Waals surface area (Å²) in [6.45, 7) is 2.31. The molecule has 2 heterocycles. The summed E-state index contributed by atoms with van der Waals surface area (Å²) in [5.41, 5.74) is 3.49. The Morgan fingerprint density at radius 1 is 0.968 bits per heavy atom. The Bertz CT molecular complexity index is 1210. The molecule has 0 bridgehead atoms. The molecular formula is C24H21N3O4. The summed E-state index contributed by atoms with van der Waals surface area (Å²) in [5.74, 6) is -0.0561. The van der Waals surface area contributed by atoms with Crippen LogP contribution in [0.3, 0.4) is 0 Å². The van der Waals surface area contributed by atoms with E-state index in [9.17, 15) is 9.59 Å². The molecule has 0 unspecified atom stereocenters. The van der Waals surface area contributed by atoms with E-state index >= 15 is 0 Å². The van der Waals surface area contributed by atoms with Gasteiger partial charge in [-0.2, -0.15) is 0 Å². The average Bonchev–Trinajstić information content (AvgIpc) is 3.26. The molecule has 2 aromatic carbocycles. The second-order valence-electron chi connectivity index (χ2n) is 6.82. The van der Waals surface area contributed by atoms with Crippen LogP contribution in [0.15, 0.2) is 73.1 Å². The van der Waals surface area contributed by atoms with Crippen LogP contribution in [0.5, 0.6) is 5.75 Å². The highest BCUT2D eigenvalue weighted by Crippen LogP contribution is 2.17. The maximum absolute atomic E-state index is 13.0. The number of carbonyl (C=O) groups is 2. The fraction of sp³-hybridized carbons (Fsp3) is 0.167. The van der Waals surface area contributed by atoms with Crippen molar-refractivity contribution in [1.82, 2.24) is 14.5 Å². The van der Waals surface area contributed by atoms with Gasteiger partial charge in [0.1, 0.15) is 5.75 Å². The topological polar surface area (TPSA) is 83.3 Å². The van der Waals surface area contributed by atoms with Gasteiger partial charge in [-0.05, 0) is 55.5 Å². The van der Waals surface area contributed by atoms with E-state index in [4.69, 9.17) is 9.47 Å². The van der Waals surface area contributed by atoms with Gasteiger partial charge in [-0.1, -0.05) is 12.1 Å². The fourth-order valence-corrected chi connectivity index (χ4v) is 3.20. The number of nitrogens with zero attached hydrogens (tertiary/aromatic N) is 3. The van der Waals surface area contributed by atoms with E-state index in [2.05, 4.69) is 9.97 Å². The Morgan fingerprint density at radius 2 is 1.74 bits per heavy atom. The molecule has 4 rings (SSSR count). The third-order valence-corrected chi connectivity index (χ3v) is 4.67. The summed E-state index contributed by atoms with van der Waals surface area (Å²) in [5, 5.41) is 0. The Hall–Kier alpha value is -4.00. The normalized spacial score (nSPS) is 10.7. The minimum atomic E-state index is -0.433. The van der Waals surface area contributed by atoms with Crippen LogP contribution in [-0.4, -0.2) is 39.5 Å². The molecule has 7 nitrogen and oxygen atoms in total. The maximum Gasteiger partial charge on any atom is 0.344 e. The lowest BCUT2D eigenvalue weighted by Gasteiger charge is -2.10. The van der Waals surface area contributed by atoms with Gasteiger partial charge in [0.25, 0.3) is 0 Å². The van der Waals surface area contributed by atoms with Gasteiger partial charge < -0.3 is 14.0 Å². The highest BCUT2D eigenvalue weighted by Gasteiger charge is 2.15. The first-order valence-electron chi connectivity index (χ1n) is 9.93. The van der Waals surface area contributed by atoms with Gasteiger partial charge in [-0.25, -0.2) is 9.78 Å². The van der Waals surface area contributed by atoms with E-state index in [0.29, 0.717) is 30.2 Å². The zero-order valence-corrected chi connectivity index (χ0v) is 17.0. The fourth-order valence-electron chi connectivity index (χ4n) is 3.20. The smallest absolute Gasteiger partial charge is 0.344 e. The molecule has 0 N–H and O–H groups in total. The van der Waals surface area contributed by atoms with Crippen molar-refractivity contribution in [1.29, 1.82) is 0 Å². The molecule has 2 aromatic heterocycles. The first-order chi connectivity index (χ1) is 15.1. The summed E-state index contributed by atoms with van der Waals surface area (Å²) in [6, 6.07) is 18.0. The van der Waals surface area contributed by atoms with E-state index in [1.54, 1.807) is 43.5 Å². The van der Waals surface area contributed by atoms with Crippen LogP contribution in [-0.2, 0) is 16.1 Å². The summed E-state index contributed by atoms with van der Waals surface area (Å²) < 4.78 is 12.1. The molecule has 0 saturated heterocycles. The molecule has 0 aliphatic carbocycles. The molecule has 0 fully saturated rings. The number of carbonyl (C=O) groups excluding carboxylic acids is 2. The van der Waals surface area contributed by atoms with Crippen molar-refractivity contribution < 1.29 is 19.1 Å². The second kappa shape index (κ2) is 9.21. The van der Waals surface area contributed by atoms with Crippen LogP contribution in [0.2, 0.25) is 0 Å². The average molecular weight is 415 g/mol. The first kappa shape index (κ1) is 20.3. The number of benzene rings is 2. The molecule has 0 atom stereocenters. The molecule has 0 amide bonds. The first-order valence-corrected chi connectivity index (χ1v) is 9.93. The van der Waals surface area contributed by atoms with Crippen LogP contribution >= 0.6 is 0 Å². The third kappa shape index (κ3) is 4.78. The van der Waals surface area contributed by atoms with Crippen molar-refractivity contribution in [3.05, 3.63) is 90.0 Å². The summed E-state index contributed by atoms with van der Waals surface area (Å²) in [6.07, 6.45) is 3.58. The highest BCUT2D eigenvalue weighted by atomic mass is 16.6. The van der Waals surface area contributed by atoms with E-state index in [0.717, 1.165) is 16.7 Å². The standard InChI is InChI=1S/C24H21N3O4/c1-2-30-23(28)16-31-19-11-9-17(10-12-19)24(29)22-8-5-13-27(22)15-18-14-25-20-6-3-4-7-21(20)26-18/h3-14H,2,15-16H2,1H3. The molecule has 0 saturated carbocycles. The lowest BCUT2D eigenvalue weighted by molar-refractivity contribution is -0.145. The predicted molar refractivity (Wildman–Crippen MR) is 115 cm³/mol. The maximum atomic E-state index is 13.0. The van der Waals surface area contributed by atoms with E-state index < -0.39 is 5.97 Å². The lowest BCUT2D eigenvalue weighted by atomic mass is 10.1. The largest absolute Gasteiger partial charge is 0.482 e. The monoisotopic (exact) mass is 415 g/mol. The van der Waals surface area contributed by atoms with Crippen LogP contribution in [0.25, 0.3) is 11.0 Å². The quantitative estimate of drug-likeness (QED) is 0.323. The predicted octanol–water partition coefficient (Wildman–Crippen LogP) is 3.65. The number of ether oxygens (including phenoxy) is 2. The van der Waals surface area contributed by atoms with Gasteiger partial charge in [-0.15, -0.1) is 0 Å². The number of rotatable bonds is 8. The number of aromatic nitrogens is 3. The van der Waals surface area contributed by atoms with Gasteiger partial charge in [0.15, 0.2) is 6.61 Å². The van der Waals surface area contributed by atoms with Crippen LogP contribution in [0.1, 0.15) is 28.7 Å². The summed E-state index contributed by atoms with van der Waals surface area (Å²) in [4.78, 5) is 33.5. The van der Waals surface area contributed by atoms with Gasteiger partial charge >= 0.3 is 5.97 Å². The van der Waals surface area contributed by atoms with E-state index in [-0.39, 0.29) is 12.4 Å². The zero-order chi connectivity index (χ0) is 21.6. The molecule has 4 aromatic rings. The lowest BCUT2D eigenvalue weighted by Crippen LogP contribution is -2.14. The molecule has 31 heavy (non-hydrogen) atoms. The van der Waals surface area contributed by atoms with Crippen LogP contribution in [0, 0.1) is 0 Å². The Labute approximate surface area is 179 Å². The Balaban J connectivity index is 1.47. The number of hydrogen-bond donors (Lipinski definition) is 0. The molecule has 7 heteroatoms. The van der Waals surface area contributed by atoms with E-state index in [1.807, 2.05) is 41.1 Å². The molecule has 0 spiro atoms. The van der Waals surface area contributed by atoms with Gasteiger partial charge in [0.2, 0.25) is 5.78 Å². The van der Waals surface area contributed by atoms with E-state index in [1.165, 1.54) is 0 Å². The molecule has 0 radical (unpaired) electrons. The minimum Gasteiger partial charge on any atom is -0.482 e. The number of para-hydroxylation sites is 2. The molecule has 0 aliphatic rings. The zero-order valence-electron chi connectivity index (χ0n) is 17.0. The van der Waals surface area contributed by atoms with Crippen molar-refractivity contribution in [2.24, 2.45) is 0 Å². The van der Waals surface area contributed by atoms with Crippen molar-refractivity contribution in [2.75, 3.05) is 13.2 Å². The number of esters is 1. The van der Waals surface area contributed by atoms with Crippen molar-refractivity contribution in [3.63, 3.8) is 0 Å².